The molecule has 1 fully saturated rings. The minimum atomic E-state index is 0.152. The fraction of sp³-hybridized carbons (Fsp3) is 0.545. The number of guanidine groups is 1. The van der Waals surface area contributed by atoms with Crippen LogP contribution in [0, 0.1) is 11.3 Å². The van der Waals surface area contributed by atoms with E-state index in [-0.39, 0.29) is 11.5 Å². The number of hydrogen-bond donors (Lipinski definition) is 2. The van der Waals surface area contributed by atoms with Crippen molar-refractivity contribution in [2.24, 2.45) is 16.3 Å². The van der Waals surface area contributed by atoms with E-state index in [0.717, 1.165) is 31.0 Å². The summed E-state index contributed by atoms with van der Waals surface area (Å²) in [5, 5.41) is 8.12. The fourth-order valence-electron chi connectivity index (χ4n) is 3.95. The summed E-state index contributed by atoms with van der Waals surface area (Å²) in [6.45, 7) is 9.25. The van der Waals surface area contributed by atoms with Gasteiger partial charge in [-0.3, -0.25) is 9.98 Å². The van der Waals surface area contributed by atoms with Crippen molar-refractivity contribution in [3.05, 3.63) is 42.1 Å². The normalized spacial score (nSPS) is 21.3. The number of fused-ring (bicyclic) bond motifs is 1. The maximum Gasteiger partial charge on any atom is 0.191 e. The Morgan fingerprint density at radius 2 is 2.04 bits per heavy atom. The highest BCUT2D eigenvalue weighted by Gasteiger charge is 2.35. The zero-order chi connectivity index (χ0) is 19.3. The Kier molecular flexibility index (Phi) is 6.32. The molecule has 0 radical (unpaired) electrons. The first kappa shape index (κ1) is 19.6. The standard InChI is InChI=1S/C22H32N4O/c1-22(2,3)20-17(8-7-13-27-20)15-26-21(23-4)25-14-16-11-12-24-19-10-6-5-9-18(16)19/h5-6,9-12,17,20H,7-8,13-15H2,1-4H3,(H2,23,25,26). The molecule has 2 atom stereocenters. The molecule has 146 valence electrons. The Morgan fingerprint density at radius 3 is 2.81 bits per heavy atom. The quantitative estimate of drug-likeness (QED) is 0.638. The molecule has 0 spiro atoms. The zero-order valence-corrected chi connectivity index (χ0v) is 17.0. The lowest BCUT2D eigenvalue weighted by molar-refractivity contribution is -0.0835. The third kappa shape index (κ3) is 4.98. The van der Waals surface area contributed by atoms with Crippen molar-refractivity contribution in [3.8, 4) is 0 Å². The number of aliphatic imine (C=N–C) groups is 1. The molecule has 1 aromatic carbocycles. The molecule has 0 amide bonds. The first-order valence-corrected chi connectivity index (χ1v) is 9.88. The molecular weight excluding hydrogens is 336 g/mol. The Hall–Kier alpha value is -2.14. The van der Waals surface area contributed by atoms with Crippen LogP contribution in [-0.4, -0.2) is 37.2 Å². The smallest absolute Gasteiger partial charge is 0.191 e. The molecule has 5 nitrogen and oxygen atoms in total. The van der Waals surface area contributed by atoms with Gasteiger partial charge < -0.3 is 15.4 Å². The van der Waals surface area contributed by atoms with Crippen molar-refractivity contribution in [2.45, 2.75) is 46.3 Å². The van der Waals surface area contributed by atoms with Gasteiger partial charge in [0.1, 0.15) is 0 Å². The minimum absolute atomic E-state index is 0.152. The van der Waals surface area contributed by atoms with Crippen LogP contribution in [0.1, 0.15) is 39.2 Å². The molecule has 0 aliphatic carbocycles. The summed E-state index contributed by atoms with van der Waals surface area (Å²) in [7, 11) is 1.82. The lowest BCUT2D eigenvalue weighted by atomic mass is 9.78. The molecule has 2 unspecified atom stereocenters. The van der Waals surface area contributed by atoms with E-state index >= 15 is 0 Å². The highest BCUT2D eigenvalue weighted by atomic mass is 16.5. The molecule has 1 aromatic heterocycles. The highest BCUT2D eigenvalue weighted by molar-refractivity contribution is 5.83. The molecule has 2 aromatic rings. The number of nitrogens with zero attached hydrogens (tertiary/aromatic N) is 2. The summed E-state index contributed by atoms with van der Waals surface area (Å²) in [6.07, 6.45) is 4.47. The van der Waals surface area contributed by atoms with Crippen LogP contribution in [0.3, 0.4) is 0 Å². The number of nitrogens with one attached hydrogen (secondary N) is 2. The Labute approximate surface area is 162 Å². The molecule has 2 heterocycles. The Balaban J connectivity index is 1.59. The van der Waals surface area contributed by atoms with Gasteiger partial charge in [-0.15, -0.1) is 0 Å². The first-order valence-electron chi connectivity index (χ1n) is 9.88. The van der Waals surface area contributed by atoms with E-state index in [1.165, 1.54) is 17.4 Å². The maximum atomic E-state index is 6.09. The van der Waals surface area contributed by atoms with Crippen molar-refractivity contribution in [1.82, 2.24) is 15.6 Å². The van der Waals surface area contributed by atoms with Crippen LogP contribution < -0.4 is 10.6 Å². The average Bonchev–Trinajstić information content (AvgIpc) is 2.67. The van der Waals surface area contributed by atoms with Crippen molar-refractivity contribution in [2.75, 3.05) is 20.2 Å². The third-order valence-electron chi connectivity index (χ3n) is 5.24. The number of benzene rings is 1. The Morgan fingerprint density at radius 1 is 1.22 bits per heavy atom. The van der Waals surface area contributed by atoms with Crippen LogP contribution in [0.2, 0.25) is 0 Å². The third-order valence-corrected chi connectivity index (χ3v) is 5.24. The van der Waals surface area contributed by atoms with Crippen molar-refractivity contribution in [3.63, 3.8) is 0 Å². The predicted molar refractivity (Wildman–Crippen MR) is 112 cm³/mol. The van der Waals surface area contributed by atoms with E-state index in [1.807, 2.05) is 25.4 Å². The molecule has 0 bridgehead atoms. The zero-order valence-electron chi connectivity index (χ0n) is 17.0. The maximum absolute atomic E-state index is 6.09. The van der Waals surface area contributed by atoms with E-state index < -0.39 is 0 Å². The predicted octanol–water partition coefficient (Wildman–Crippen LogP) is 3.74. The number of para-hydroxylation sites is 1. The lowest BCUT2D eigenvalue weighted by Crippen LogP contribution is -2.47. The van der Waals surface area contributed by atoms with Gasteiger partial charge in [0.15, 0.2) is 5.96 Å². The van der Waals surface area contributed by atoms with Crippen molar-refractivity contribution < 1.29 is 4.74 Å². The summed E-state index contributed by atoms with van der Waals surface area (Å²) in [5.74, 6) is 1.33. The molecule has 2 N–H and O–H groups in total. The van der Waals surface area contributed by atoms with Crippen LogP contribution in [0.25, 0.3) is 10.9 Å². The van der Waals surface area contributed by atoms with Crippen LogP contribution in [0.5, 0.6) is 0 Å². The number of rotatable bonds is 4. The van der Waals surface area contributed by atoms with Gasteiger partial charge in [0, 0.05) is 44.2 Å². The van der Waals surface area contributed by atoms with Gasteiger partial charge in [0.25, 0.3) is 0 Å². The second kappa shape index (κ2) is 8.70. The molecular formula is C22H32N4O. The van der Waals surface area contributed by atoms with E-state index in [9.17, 15) is 0 Å². The molecule has 0 saturated carbocycles. The number of hydrogen-bond acceptors (Lipinski definition) is 3. The van der Waals surface area contributed by atoms with Crippen LogP contribution in [-0.2, 0) is 11.3 Å². The van der Waals surface area contributed by atoms with Crippen LogP contribution in [0.4, 0.5) is 0 Å². The molecule has 5 heteroatoms. The summed E-state index contributed by atoms with van der Waals surface area (Å²) >= 11 is 0. The topological polar surface area (TPSA) is 58.5 Å². The molecule has 1 saturated heterocycles. The number of pyridine rings is 1. The van der Waals surface area contributed by atoms with E-state index in [0.29, 0.717) is 12.5 Å². The van der Waals surface area contributed by atoms with Gasteiger partial charge in [-0.25, -0.2) is 0 Å². The minimum Gasteiger partial charge on any atom is -0.377 e. The lowest BCUT2D eigenvalue weighted by Gasteiger charge is -2.40. The van der Waals surface area contributed by atoms with Gasteiger partial charge in [0.2, 0.25) is 0 Å². The molecule has 3 rings (SSSR count). The average molecular weight is 369 g/mol. The fourth-order valence-corrected chi connectivity index (χ4v) is 3.95. The van der Waals surface area contributed by atoms with Gasteiger partial charge in [-0.1, -0.05) is 39.0 Å². The van der Waals surface area contributed by atoms with E-state index in [2.05, 4.69) is 59.6 Å². The summed E-state index contributed by atoms with van der Waals surface area (Å²) in [6, 6.07) is 10.3. The highest BCUT2D eigenvalue weighted by Crippen LogP contribution is 2.33. The van der Waals surface area contributed by atoms with Gasteiger partial charge in [-0.2, -0.15) is 0 Å². The van der Waals surface area contributed by atoms with E-state index in [4.69, 9.17) is 4.74 Å². The van der Waals surface area contributed by atoms with E-state index in [1.54, 1.807) is 0 Å². The first-order chi connectivity index (χ1) is 13.0. The SMILES string of the molecule is CN=C(NCc1ccnc2ccccc12)NCC1CCCOC1C(C)(C)C. The number of ether oxygens (including phenoxy) is 1. The molecule has 1 aliphatic heterocycles. The summed E-state index contributed by atoms with van der Waals surface area (Å²) < 4.78 is 6.09. The Bertz CT molecular complexity index is 776. The monoisotopic (exact) mass is 368 g/mol. The number of aromatic nitrogens is 1. The molecule has 27 heavy (non-hydrogen) atoms. The largest absolute Gasteiger partial charge is 0.377 e. The van der Waals surface area contributed by atoms with Crippen molar-refractivity contribution in [1.29, 1.82) is 0 Å². The van der Waals surface area contributed by atoms with Gasteiger partial charge in [0.05, 0.1) is 11.6 Å². The van der Waals surface area contributed by atoms with Gasteiger partial charge >= 0.3 is 0 Å². The van der Waals surface area contributed by atoms with Crippen LogP contribution in [0.15, 0.2) is 41.5 Å². The second-order valence-corrected chi connectivity index (χ2v) is 8.35. The summed E-state index contributed by atoms with van der Waals surface area (Å²) in [4.78, 5) is 8.82. The summed E-state index contributed by atoms with van der Waals surface area (Å²) in [5.41, 5.74) is 2.39. The van der Waals surface area contributed by atoms with Crippen LogP contribution >= 0.6 is 0 Å². The van der Waals surface area contributed by atoms with Gasteiger partial charge in [-0.05, 0) is 36.0 Å². The molecule has 1 aliphatic rings. The van der Waals surface area contributed by atoms with Crippen molar-refractivity contribution >= 4 is 16.9 Å². The second-order valence-electron chi connectivity index (χ2n) is 8.35.